The fourth-order valence-corrected chi connectivity index (χ4v) is 5.74. The standard InChI is InChI=1S/C29H34N2O3/c1-21-15-22(2)17-25(16-21)29(8-12-33-13-9-29)28(32)31-11-14-34-20-23(19-31)18-24-5-3-7-27-26(24)6-4-10-30-27/h3-7,10,15-17,23H,8-9,11-14,18-20H2,1-2H3/t23-/m0/s1. The van der Waals surface area contributed by atoms with Crippen LogP contribution in [0.2, 0.25) is 0 Å². The Morgan fingerprint density at radius 2 is 1.82 bits per heavy atom. The highest BCUT2D eigenvalue weighted by Gasteiger charge is 2.44. The van der Waals surface area contributed by atoms with Crippen molar-refractivity contribution in [2.45, 2.75) is 38.5 Å². The van der Waals surface area contributed by atoms with E-state index in [1.807, 2.05) is 12.3 Å². The number of carbonyl (C=O) groups excluding carboxylic acids is 1. The maximum absolute atomic E-state index is 14.3. The molecular formula is C29H34N2O3. The van der Waals surface area contributed by atoms with E-state index in [4.69, 9.17) is 9.47 Å². The second-order valence-corrected chi connectivity index (χ2v) is 9.95. The van der Waals surface area contributed by atoms with Crippen LogP contribution in [0.25, 0.3) is 10.9 Å². The number of nitrogens with zero attached hydrogens (tertiary/aromatic N) is 2. The Balaban J connectivity index is 1.42. The van der Waals surface area contributed by atoms with E-state index in [-0.39, 0.29) is 11.8 Å². The van der Waals surface area contributed by atoms with Crippen LogP contribution in [0.1, 0.15) is 35.1 Å². The number of fused-ring (bicyclic) bond motifs is 1. The van der Waals surface area contributed by atoms with Gasteiger partial charge in [0, 0.05) is 43.8 Å². The minimum absolute atomic E-state index is 0.232. The zero-order valence-corrected chi connectivity index (χ0v) is 20.3. The Bertz CT molecular complexity index is 1140. The van der Waals surface area contributed by atoms with Gasteiger partial charge in [-0.05, 0) is 56.4 Å². The molecule has 0 N–H and O–H groups in total. The van der Waals surface area contributed by atoms with Crippen LogP contribution in [0.4, 0.5) is 0 Å². The number of benzene rings is 2. The predicted octanol–water partition coefficient (Wildman–Crippen LogP) is 4.62. The minimum atomic E-state index is -0.521. The molecule has 1 atom stereocenters. The Kier molecular flexibility index (Phi) is 6.66. The van der Waals surface area contributed by atoms with Crippen LogP contribution in [-0.2, 0) is 26.1 Å². The zero-order valence-electron chi connectivity index (χ0n) is 20.3. The van der Waals surface area contributed by atoms with Crippen molar-refractivity contribution in [2.24, 2.45) is 5.92 Å². The first-order chi connectivity index (χ1) is 16.5. The summed E-state index contributed by atoms with van der Waals surface area (Å²) >= 11 is 0. The van der Waals surface area contributed by atoms with Gasteiger partial charge in [0.25, 0.3) is 0 Å². The third-order valence-corrected chi connectivity index (χ3v) is 7.40. The Morgan fingerprint density at radius 1 is 1.03 bits per heavy atom. The van der Waals surface area contributed by atoms with Crippen molar-refractivity contribution in [1.82, 2.24) is 9.88 Å². The van der Waals surface area contributed by atoms with Crippen molar-refractivity contribution in [3.05, 3.63) is 77.0 Å². The van der Waals surface area contributed by atoms with Crippen molar-refractivity contribution in [2.75, 3.05) is 39.5 Å². The highest BCUT2D eigenvalue weighted by Crippen LogP contribution is 2.38. The van der Waals surface area contributed by atoms with E-state index in [1.54, 1.807) is 0 Å². The fourth-order valence-electron chi connectivity index (χ4n) is 5.74. The summed E-state index contributed by atoms with van der Waals surface area (Å²) in [6, 6.07) is 17.0. The molecule has 1 amide bonds. The lowest BCUT2D eigenvalue weighted by atomic mass is 9.72. The summed E-state index contributed by atoms with van der Waals surface area (Å²) in [6.07, 6.45) is 4.16. The van der Waals surface area contributed by atoms with Crippen LogP contribution in [0.3, 0.4) is 0 Å². The molecule has 2 saturated heterocycles. The molecule has 3 heterocycles. The van der Waals surface area contributed by atoms with Crippen LogP contribution >= 0.6 is 0 Å². The normalized spacial score (nSPS) is 20.8. The lowest BCUT2D eigenvalue weighted by Gasteiger charge is -2.40. The van der Waals surface area contributed by atoms with Crippen molar-refractivity contribution in [3.63, 3.8) is 0 Å². The molecule has 0 radical (unpaired) electrons. The van der Waals surface area contributed by atoms with Crippen molar-refractivity contribution in [1.29, 1.82) is 0 Å². The van der Waals surface area contributed by atoms with Gasteiger partial charge in [0.2, 0.25) is 5.91 Å². The molecule has 0 saturated carbocycles. The van der Waals surface area contributed by atoms with Gasteiger partial charge >= 0.3 is 0 Å². The maximum Gasteiger partial charge on any atom is 0.233 e. The van der Waals surface area contributed by atoms with Crippen LogP contribution in [0, 0.1) is 19.8 Å². The third kappa shape index (κ3) is 4.59. The molecule has 5 rings (SSSR count). The van der Waals surface area contributed by atoms with Crippen LogP contribution < -0.4 is 0 Å². The number of hydrogen-bond acceptors (Lipinski definition) is 4. The van der Waals surface area contributed by atoms with Crippen molar-refractivity contribution >= 4 is 16.8 Å². The van der Waals surface area contributed by atoms with Crippen LogP contribution in [0.15, 0.2) is 54.7 Å². The summed E-state index contributed by atoms with van der Waals surface area (Å²) in [6.45, 7) is 8.07. The van der Waals surface area contributed by atoms with Gasteiger partial charge in [0.1, 0.15) is 0 Å². The molecule has 5 nitrogen and oxygen atoms in total. The lowest BCUT2D eigenvalue weighted by Crippen LogP contribution is -2.51. The molecule has 0 spiro atoms. The zero-order chi connectivity index (χ0) is 23.5. The maximum atomic E-state index is 14.3. The van der Waals surface area contributed by atoms with Crippen molar-refractivity contribution < 1.29 is 14.3 Å². The van der Waals surface area contributed by atoms with E-state index in [0.717, 1.165) is 30.3 Å². The van der Waals surface area contributed by atoms with Gasteiger partial charge in [-0.3, -0.25) is 9.78 Å². The molecule has 1 aromatic heterocycles. The highest BCUT2D eigenvalue weighted by molar-refractivity contribution is 5.89. The Labute approximate surface area is 202 Å². The monoisotopic (exact) mass is 458 g/mol. The molecule has 2 aliphatic heterocycles. The first-order valence-corrected chi connectivity index (χ1v) is 12.4. The molecule has 0 bridgehead atoms. The summed E-state index contributed by atoms with van der Waals surface area (Å²) in [7, 11) is 0. The highest BCUT2D eigenvalue weighted by atomic mass is 16.5. The van der Waals surface area contributed by atoms with Gasteiger partial charge in [0.15, 0.2) is 0 Å². The number of rotatable bonds is 4. The number of ether oxygens (including phenoxy) is 2. The Hall–Kier alpha value is -2.76. The number of carbonyl (C=O) groups is 1. The minimum Gasteiger partial charge on any atom is -0.381 e. The van der Waals surface area contributed by atoms with Gasteiger partial charge in [-0.2, -0.15) is 0 Å². The van der Waals surface area contributed by atoms with Crippen LogP contribution in [0.5, 0.6) is 0 Å². The van der Waals surface area contributed by atoms with E-state index in [2.05, 4.69) is 66.2 Å². The molecule has 2 aliphatic rings. The summed E-state index contributed by atoms with van der Waals surface area (Å²) in [5.41, 5.74) is 5.31. The van der Waals surface area contributed by atoms with Gasteiger partial charge in [0.05, 0.1) is 24.1 Å². The number of amides is 1. The first kappa shape index (κ1) is 23.0. The molecule has 5 heteroatoms. The van der Waals surface area contributed by atoms with Gasteiger partial charge in [-0.15, -0.1) is 0 Å². The predicted molar refractivity (Wildman–Crippen MR) is 134 cm³/mol. The number of aromatic nitrogens is 1. The summed E-state index contributed by atoms with van der Waals surface area (Å²) in [5.74, 6) is 0.476. The van der Waals surface area contributed by atoms with Crippen molar-refractivity contribution in [3.8, 4) is 0 Å². The lowest BCUT2D eigenvalue weighted by molar-refractivity contribution is -0.141. The molecule has 2 fully saturated rings. The molecule has 0 aliphatic carbocycles. The van der Waals surface area contributed by atoms with Gasteiger partial charge < -0.3 is 14.4 Å². The summed E-state index contributed by atoms with van der Waals surface area (Å²) in [5, 5.41) is 1.18. The molecule has 2 aromatic carbocycles. The quantitative estimate of drug-likeness (QED) is 0.573. The largest absolute Gasteiger partial charge is 0.381 e. The van der Waals surface area contributed by atoms with Gasteiger partial charge in [-0.25, -0.2) is 0 Å². The number of pyridine rings is 1. The molecule has 0 unspecified atom stereocenters. The third-order valence-electron chi connectivity index (χ3n) is 7.40. The molecule has 178 valence electrons. The average molecular weight is 459 g/mol. The summed E-state index contributed by atoms with van der Waals surface area (Å²) in [4.78, 5) is 20.8. The second kappa shape index (κ2) is 9.85. The SMILES string of the molecule is Cc1cc(C)cc(C2(C(=O)N3CCOC[C@@H](Cc4cccc5ncccc45)C3)CCOCC2)c1. The first-order valence-electron chi connectivity index (χ1n) is 12.4. The number of aryl methyl sites for hydroxylation is 2. The topological polar surface area (TPSA) is 51.7 Å². The second-order valence-electron chi connectivity index (χ2n) is 9.95. The van der Waals surface area contributed by atoms with E-state index >= 15 is 0 Å². The fraction of sp³-hybridized carbons (Fsp3) is 0.448. The molecular weight excluding hydrogens is 424 g/mol. The average Bonchev–Trinajstić information content (AvgIpc) is 3.09. The van der Waals surface area contributed by atoms with Gasteiger partial charge in [-0.1, -0.05) is 47.5 Å². The molecule has 3 aromatic rings. The number of hydrogen-bond donors (Lipinski definition) is 0. The summed E-state index contributed by atoms with van der Waals surface area (Å²) < 4.78 is 11.7. The van der Waals surface area contributed by atoms with E-state index in [1.165, 1.54) is 22.1 Å². The molecule has 34 heavy (non-hydrogen) atoms. The van der Waals surface area contributed by atoms with E-state index in [9.17, 15) is 4.79 Å². The van der Waals surface area contributed by atoms with E-state index < -0.39 is 5.41 Å². The van der Waals surface area contributed by atoms with E-state index in [0.29, 0.717) is 39.5 Å². The van der Waals surface area contributed by atoms with Crippen LogP contribution in [-0.4, -0.2) is 55.3 Å². The Morgan fingerprint density at radius 3 is 2.62 bits per heavy atom. The smallest absolute Gasteiger partial charge is 0.233 e.